The highest BCUT2D eigenvalue weighted by atomic mass is 16.7. The lowest BCUT2D eigenvalue weighted by Gasteiger charge is -2.10. The molecule has 0 saturated carbocycles. The van der Waals surface area contributed by atoms with Gasteiger partial charge in [-0.1, -0.05) is 13.0 Å². The predicted octanol–water partition coefficient (Wildman–Crippen LogP) is 2.72. The van der Waals surface area contributed by atoms with E-state index < -0.39 is 0 Å². The molecule has 2 aromatic carbocycles. The Hall–Kier alpha value is -2.89. The first kappa shape index (κ1) is 16.0. The molecule has 0 spiro atoms. The van der Waals surface area contributed by atoms with E-state index in [1.165, 1.54) is 0 Å². The highest BCUT2D eigenvalue weighted by Crippen LogP contribution is 2.32. The van der Waals surface area contributed by atoms with Crippen LogP contribution >= 0.6 is 0 Å². The van der Waals surface area contributed by atoms with E-state index in [0.717, 1.165) is 17.7 Å². The number of benzene rings is 2. The number of carbonyl (C=O) groups is 1. The van der Waals surface area contributed by atoms with E-state index in [-0.39, 0.29) is 12.7 Å². The molecule has 0 unspecified atom stereocenters. The average molecular weight is 328 g/mol. The molecule has 0 fully saturated rings. The van der Waals surface area contributed by atoms with Crippen molar-refractivity contribution in [3.63, 3.8) is 0 Å². The molecule has 6 heteroatoms. The van der Waals surface area contributed by atoms with Gasteiger partial charge in [0, 0.05) is 12.1 Å². The third-order valence-corrected chi connectivity index (χ3v) is 3.62. The van der Waals surface area contributed by atoms with Crippen molar-refractivity contribution in [2.75, 3.05) is 19.1 Å². The van der Waals surface area contributed by atoms with Crippen molar-refractivity contribution in [3.05, 3.63) is 47.5 Å². The van der Waals surface area contributed by atoms with Crippen molar-refractivity contribution < 1.29 is 19.0 Å². The van der Waals surface area contributed by atoms with Gasteiger partial charge in [-0.05, 0) is 42.3 Å². The van der Waals surface area contributed by atoms with Crippen molar-refractivity contribution in [2.24, 2.45) is 0 Å². The SMILES string of the molecule is CCCOc1ccc(C(=O)NCc2ccc3c(c2)OCO3)cc1N. The van der Waals surface area contributed by atoms with Crippen LogP contribution in [0.5, 0.6) is 17.2 Å². The molecule has 1 aliphatic rings. The summed E-state index contributed by atoms with van der Waals surface area (Å²) >= 11 is 0. The van der Waals surface area contributed by atoms with Crippen molar-refractivity contribution in [1.82, 2.24) is 5.32 Å². The second-order valence-corrected chi connectivity index (χ2v) is 5.47. The summed E-state index contributed by atoms with van der Waals surface area (Å²) in [4.78, 5) is 12.3. The van der Waals surface area contributed by atoms with Gasteiger partial charge in [-0.3, -0.25) is 4.79 Å². The third kappa shape index (κ3) is 3.53. The Morgan fingerprint density at radius 2 is 2.04 bits per heavy atom. The van der Waals surface area contributed by atoms with E-state index in [2.05, 4.69) is 5.32 Å². The number of nitrogen functional groups attached to an aromatic ring is 1. The summed E-state index contributed by atoms with van der Waals surface area (Å²) in [5, 5.41) is 2.86. The molecule has 6 nitrogen and oxygen atoms in total. The standard InChI is InChI=1S/C18H20N2O4/c1-2-7-22-15-6-4-13(9-14(15)19)18(21)20-10-12-3-5-16-17(8-12)24-11-23-16/h3-6,8-9H,2,7,10-11,19H2,1H3,(H,20,21). The van der Waals surface area contributed by atoms with Gasteiger partial charge in [0.1, 0.15) is 5.75 Å². The molecule has 0 atom stereocenters. The number of nitrogens with two attached hydrogens (primary N) is 1. The minimum atomic E-state index is -0.193. The molecule has 24 heavy (non-hydrogen) atoms. The van der Waals surface area contributed by atoms with Crippen LogP contribution in [-0.2, 0) is 6.54 Å². The number of ether oxygens (including phenoxy) is 3. The summed E-state index contributed by atoms with van der Waals surface area (Å²) in [7, 11) is 0. The topological polar surface area (TPSA) is 82.8 Å². The van der Waals surface area contributed by atoms with Gasteiger partial charge in [0.2, 0.25) is 6.79 Å². The highest BCUT2D eigenvalue weighted by Gasteiger charge is 2.14. The van der Waals surface area contributed by atoms with Crippen LogP contribution in [-0.4, -0.2) is 19.3 Å². The third-order valence-electron chi connectivity index (χ3n) is 3.62. The molecule has 1 amide bonds. The van der Waals surface area contributed by atoms with Gasteiger partial charge in [0.05, 0.1) is 12.3 Å². The minimum absolute atomic E-state index is 0.193. The highest BCUT2D eigenvalue weighted by molar-refractivity contribution is 5.95. The van der Waals surface area contributed by atoms with Crippen LogP contribution in [0.15, 0.2) is 36.4 Å². The van der Waals surface area contributed by atoms with Gasteiger partial charge in [0.15, 0.2) is 11.5 Å². The number of amides is 1. The Kier molecular flexibility index (Phi) is 4.74. The first-order chi connectivity index (χ1) is 11.7. The van der Waals surface area contributed by atoms with E-state index in [9.17, 15) is 4.79 Å². The number of anilines is 1. The summed E-state index contributed by atoms with van der Waals surface area (Å²) in [5.41, 5.74) is 7.82. The van der Waals surface area contributed by atoms with Crippen LogP contribution in [0.4, 0.5) is 5.69 Å². The second-order valence-electron chi connectivity index (χ2n) is 5.47. The summed E-state index contributed by atoms with van der Waals surface area (Å²) in [6.07, 6.45) is 0.900. The first-order valence-electron chi connectivity index (χ1n) is 7.86. The Bertz CT molecular complexity index is 746. The lowest BCUT2D eigenvalue weighted by atomic mass is 10.1. The molecular weight excluding hydrogens is 308 g/mol. The molecule has 1 aliphatic heterocycles. The molecular formula is C18H20N2O4. The largest absolute Gasteiger partial charge is 0.491 e. The lowest BCUT2D eigenvalue weighted by Crippen LogP contribution is -2.22. The molecule has 3 rings (SSSR count). The van der Waals surface area contributed by atoms with Gasteiger partial charge in [-0.15, -0.1) is 0 Å². The van der Waals surface area contributed by atoms with Gasteiger partial charge in [-0.2, -0.15) is 0 Å². The second kappa shape index (κ2) is 7.12. The zero-order valence-corrected chi connectivity index (χ0v) is 13.5. The number of rotatable bonds is 6. The Labute approximate surface area is 140 Å². The zero-order chi connectivity index (χ0) is 16.9. The maximum atomic E-state index is 12.3. The smallest absolute Gasteiger partial charge is 0.251 e. The summed E-state index contributed by atoms with van der Waals surface area (Å²) in [6.45, 7) is 3.24. The molecule has 0 aromatic heterocycles. The minimum Gasteiger partial charge on any atom is -0.491 e. The van der Waals surface area contributed by atoms with Crippen LogP contribution in [0, 0.1) is 0 Å². The van der Waals surface area contributed by atoms with Crippen molar-refractivity contribution >= 4 is 11.6 Å². The van der Waals surface area contributed by atoms with E-state index in [1.807, 2.05) is 25.1 Å². The summed E-state index contributed by atoms with van der Waals surface area (Å²) in [5.74, 6) is 1.83. The van der Waals surface area contributed by atoms with Crippen LogP contribution in [0.3, 0.4) is 0 Å². The number of carbonyl (C=O) groups excluding carboxylic acids is 1. The van der Waals surface area contributed by atoms with Crippen LogP contribution in [0.1, 0.15) is 29.3 Å². The molecule has 1 heterocycles. The van der Waals surface area contributed by atoms with Crippen molar-refractivity contribution in [1.29, 1.82) is 0 Å². The fraction of sp³-hybridized carbons (Fsp3) is 0.278. The van der Waals surface area contributed by atoms with E-state index in [1.54, 1.807) is 18.2 Å². The number of hydrogen-bond donors (Lipinski definition) is 2. The first-order valence-corrected chi connectivity index (χ1v) is 7.86. The quantitative estimate of drug-likeness (QED) is 0.797. The van der Waals surface area contributed by atoms with Crippen molar-refractivity contribution in [3.8, 4) is 17.2 Å². The van der Waals surface area contributed by atoms with Crippen molar-refractivity contribution in [2.45, 2.75) is 19.9 Å². The Balaban J connectivity index is 1.61. The molecule has 3 N–H and O–H groups in total. The summed E-state index contributed by atoms with van der Waals surface area (Å²) in [6, 6.07) is 10.6. The van der Waals surface area contributed by atoms with Gasteiger partial charge in [-0.25, -0.2) is 0 Å². The number of hydrogen-bond acceptors (Lipinski definition) is 5. The molecule has 0 bridgehead atoms. The number of fused-ring (bicyclic) bond motifs is 1. The molecule has 126 valence electrons. The normalized spacial score (nSPS) is 12.0. The fourth-order valence-electron chi connectivity index (χ4n) is 2.37. The molecule has 0 saturated heterocycles. The van der Waals surface area contributed by atoms with Gasteiger partial charge >= 0.3 is 0 Å². The van der Waals surface area contributed by atoms with E-state index in [4.69, 9.17) is 19.9 Å². The monoisotopic (exact) mass is 328 g/mol. The maximum absolute atomic E-state index is 12.3. The van der Waals surface area contributed by atoms with Crippen LogP contribution < -0.4 is 25.3 Å². The van der Waals surface area contributed by atoms with Crippen LogP contribution in [0.25, 0.3) is 0 Å². The number of nitrogens with one attached hydrogen (secondary N) is 1. The van der Waals surface area contributed by atoms with E-state index >= 15 is 0 Å². The maximum Gasteiger partial charge on any atom is 0.251 e. The lowest BCUT2D eigenvalue weighted by molar-refractivity contribution is 0.0951. The molecule has 2 aromatic rings. The predicted molar refractivity (Wildman–Crippen MR) is 90.4 cm³/mol. The van der Waals surface area contributed by atoms with Gasteiger partial charge < -0.3 is 25.3 Å². The van der Waals surface area contributed by atoms with Gasteiger partial charge in [0.25, 0.3) is 5.91 Å². The molecule has 0 aliphatic carbocycles. The Morgan fingerprint density at radius 3 is 2.83 bits per heavy atom. The summed E-state index contributed by atoms with van der Waals surface area (Å²) < 4.78 is 16.1. The van der Waals surface area contributed by atoms with E-state index in [0.29, 0.717) is 35.9 Å². The Morgan fingerprint density at radius 1 is 1.21 bits per heavy atom. The van der Waals surface area contributed by atoms with Crippen LogP contribution in [0.2, 0.25) is 0 Å². The molecule has 0 radical (unpaired) electrons. The zero-order valence-electron chi connectivity index (χ0n) is 13.5. The average Bonchev–Trinajstić information content (AvgIpc) is 3.06. The fourth-order valence-corrected chi connectivity index (χ4v) is 2.37.